The third-order valence-corrected chi connectivity index (χ3v) is 1.92. The minimum atomic E-state index is 0.572. The second kappa shape index (κ2) is 8.51. The van der Waals surface area contributed by atoms with Crippen molar-refractivity contribution in [3.05, 3.63) is 18.2 Å². The molecule has 1 aromatic carbocycles. The molecule has 0 saturated carbocycles. The Balaban J connectivity index is 0.000000500. The van der Waals surface area contributed by atoms with Gasteiger partial charge in [-0.3, -0.25) is 0 Å². The third kappa shape index (κ3) is 5.17. The Morgan fingerprint density at radius 1 is 1.36 bits per heavy atom. The van der Waals surface area contributed by atoms with Gasteiger partial charge in [-0.1, -0.05) is 0 Å². The summed E-state index contributed by atoms with van der Waals surface area (Å²) in [6.07, 6.45) is 0. The molecule has 0 spiro atoms. The van der Waals surface area contributed by atoms with E-state index in [4.69, 9.17) is 21.1 Å². The van der Waals surface area contributed by atoms with Gasteiger partial charge in [0.2, 0.25) is 0 Å². The first kappa shape index (κ1) is 14.2. The van der Waals surface area contributed by atoms with Crippen LogP contribution in [0.1, 0.15) is 0 Å². The fourth-order valence-electron chi connectivity index (χ4n) is 0.818. The number of alkyl halides is 1. The van der Waals surface area contributed by atoms with Crippen LogP contribution < -0.4 is 14.8 Å². The molecule has 0 radical (unpaired) electrons. The van der Waals surface area contributed by atoms with Gasteiger partial charge in [-0.15, -0.1) is 9.24 Å². The van der Waals surface area contributed by atoms with Gasteiger partial charge in [0.15, 0.2) is 0 Å². The monoisotopic (exact) mass is 325 g/mol. The van der Waals surface area contributed by atoms with E-state index in [2.05, 4.69) is 28.4 Å². The van der Waals surface area contributed by atoms with Crippen molar-refractivity contribution in [3.63, 3.8) is 0 Å². The number of hydrogen-bond acceptors (Lipinski definition) is 2. The van der Waals surface area contributed by atoms with Gasteiger partial charge in [-0.2, -0.15) is 0 Å². The second-order valence-corrected chi connectivity index (χ2v) is 4.23. The Morgan fingerprint density at radius 3 is 2.36 bits per heavy atom. The van der Waals surface area contributed by atoms with Crippen LogP contribution in [0.4, 0.5) is 0 Å². The minimum absolute atomic E-state index is 0.572. The first-order valence-electron chi connectivity index (χ1n) is 3.74. The molecule has 0 saturated heterocycles. The molecule has 2 nitrogen and oxygen atoms in total. The molecule has 0 aliphatic heterocycles. The van der Waals surface area contributed by atoms with E-state index < -0.39 is 0 Å². The number of methoxy groups -OCH3 is 2. The van der Waals surface area contributed by atoms with E-state index in [1.165, 1.54) is 0 Å². The van der Waals surface area contributed by atoms with Crippen molar-refractivity contribution in [1.82, 2.24) is 0 Å². The topological polar surface area (TPSA) is 18.5 Å². The van der Waals surface area contributed by atoms with Gasteiger partial charge in [-0.25, -0.2) is 0 Å². The average Bonchev–Trinajstić information content (AvgIpc) is 2.20. The zero-order chi connectivity index (χ0) is 11.0. The Kier molecular flexibility index (Phi) is 8.63. The van der Waals surface area contributed by atoms with Crippen LogP contribution in [0.5, 0.6) is 11.5 Å². The van der Waals surface area contributed by atoms with Gasteiger partial charge in [0.05, 0.1) is 14.2 Å². The first-order chi connectivity index (χ1) is 6.69. The summed E-state index contributed by atoms with van der Waals surface area (Å²) in [4.78, 5) is 0. The van der Waals surface area contributed by atoms with Crippen LogP contribution in [0.25, 0.3) is 0 Å². The molecule has 1 atom stereocenters. The van der Waals surface area contributed by atoms with Gasteiger partial charge in [0, 0.05) is 11.4 Å². The van der Waals surface area contributed by atoms with Gasteiger partial charge in [0.25, 0.3) is 0 Å². The van der Waals surface area contributed by atoms with E-state index in [-0.39, 0.29) is 0 Å². The summed E-state index contributed by atoms with van der Waals surface area (Å²) in [6, 6.07) is 5.68. The normalized spacial score (nSPS) is 8.71. The van der Waals surface area contributed by atoms with Crippen LogP contribution in [0.3, 0.4) is 0 Å². The summed E-state index contributed by atoms with van der Waals surface area (Å²) in [5.41, 5.74) is 0. The third-order valence-electron chi connectivity index (χ3n) is 1.44. The molecule has 0 heterocycles. The predicted molar refractivity (Wildman–Crippen MR) is 59.6 cm³/mol. The van der Waals surface area contributed by atoms with Gasteiger partial charge in [0.1, 0.15) is 11.5 Å². The van der Waals surface area contributed by atoms with Gasteiger partial charge in [-0.05, 0) is 12.1 Å². The number of benzene rings is 1. The van der Waals surface area contributed by atoms with Crippen LogP contribution in [0.2, 0.25) is 0 Å². The van der Waals surface area contributed by atoms with Crippen LogP contribution in [-0.2, 0) is 19.2 Å². The summed E-state index contributed by atoms with van der Waals surface area (Å²) in [5, 5.41) is 1.04. The van der Waals surface area contributed by atoms with Crippen molar-refractivity contribution in [1.29, 1.82) is 0 Å². The summed E-state index contributed by atoms with van der Waals surface area (Å²) in [7, 11) is 5.87. The summed E-state index contributed by atoms with van der Waals surface area (Å²) in [5.74, 6) is 1.64. The molecule has 0 aliphatic carbocycles. The van der Waals surface area contributed by atoms with E-state index in [0.717, 1.165) is 16.8 Å². The molecule has 14 heavy (non-hydrogen) atoms. The Morgan fingerprint density at radius 2 is 1.93 bits per heavy atom. The van der Waals surface area contributed by atoms with Crippen molar-refractivity contribution >= 4 is 26.1 Å². The Bertz CT molecular complexity index is 271. The van der Waals surface area contributed by atoms with E-state index in [1.807, 2.05) is 18.2 Å². The Labute approximate surface area is 103 Å². The molecule has 0 bridgehead atoms. The quantitative estimate of drug-likeness (QED) is 0.470. The summed E-state index contributed by atoms with van der Waals surface area (Å²) < 4.78 is 10.7. The van der Waals surface area contributed by atoms with E-state index in [9.17, 15) is 0 Å². The van der Waals surface area contributed by atoms with Crippen molar-refractivity contribution in [3.8, 4) is 11.5 Å². The maximum absolute atomic E-state index is 5.09. The fourth-order valence-corrected chi connectivity index (χ4v) is 1.12. The van der Waals surface area contributed by atoms with Crippen LogP contribution in [0, 0.1) is 0 Å². The van der Waals surface area contributed by atoms with Crippen LogP contribution >= 0.6 is 20.8 Å². The van der Waals surface area contributed by atoms with Gasteiger partial charge >= 0.3 is 35.2 Å². The molecule has 5 heteroatoms. The van der Waals surface area contributed by atoms with Crippen molar-refractivity contribution in [2.45, 2.75) is 0 Å². The van der Waals surface area contributed by atoms with Gasteiger partial charge < -0.3 is 9.47 Å². The van der Waals surface area contributed by atoms with E-state index >= 15 is 0 Å². The summed E-state index contributed by atoms with van der Waals surface area (Å²) >= 11 is 7.64. The maximum atomic E-state index is 5.09. The fraction of sp³-hybridized carbons (Fsp3) is 0.333. The molecule has 83 valence electrons. The van der Waals surface area contributed by atoms with Crippen molar-refractivity contribution in [2.75, 3.05) is 18.6 Å². The van der Waals surface area contributed by atoms with E-state index in [1.54, 1.807) is 14.2 Å². The zero-order valence-electron chi connectivity index (χ0n) is 8.03. The number of ether oxygens (including phenoxy) is 2. The molecule has 0 N–H and O–H groups in total. The average molecular weight is 326 g/mol. The first-order valence-corrected chi connectivity index (χ1v) is 5.95. The molecule has 0 fully saturated rings. The molecule has 1 aromatic rings. The number of rotatable bonds is 2. The molecule has 1 rings (SSSR count). The van der Waals surface area contributed by atoms with E-state index in [0.29, 0.717) is 4.35 Å². The number of halogens is 1. The standard InChI is InChI=1S/C8H11O2P.CH2Cl.Pd/c1-9-6-3-4-8(11)7(5-6)10-2;1-2;/h3-5H,11H2,1-2H3;1H2;. The van der Waals surface area contributed by atoms with Crippen molar-refractivity contribution < 1.29 is 28.7 Å². The second-order valence-electron chi connectivity index (χ2n) is 2.19. The predicted octanol–water partition coefficient (Wildman–Crippen LogP) is 1.93. The summed E-state index contributed by atoms with van der Waals surface area (Å²) in [6.45, 7) is 0. The molecule has 0 aliphatic rings. The SMILES string of the molecule is COc1ccc(P)c(OC)c1.Cl[CH2][Pd]. The van der Waals surface area contributed by atoms with Crippen molar-refractivity contribution in [2.24, 2.45) is 0 Å². The molecule has 0 amide bonds. The van der Waals surface area contributed by atoms with Crippen LogP contribution in [-0.4, -0.2) is 18.6 Å². The zero-order valence-corrected chi connectivity index (χ0v) is 11.5. The molecule has 1 unspecified atom stereocenters. The molecular weight excluding hydrogens is 313 g/mol. The molecule has 0 aromatic heterocycles. The molecular formula is C9H13ClO2PPd. The van der Waals surface area contributed by atoms with Crippen LogP contribution in [0.15, 0.2) is 18.2 Å². The Hall–Kier alpha value is 0.202. The number of hydrogen-bond donors (Lipinski definition) is 0.